The van der Waals surface area contributed by atoms with Gasteiger partial charge in [0.15, 0.2) is 0 Å². The third kappa shape index (κ3) is 4.52. The van der Waals surface area contributed by atoms with Gasteiger partial charge in [0, 0.05) is 13.1 Å². The van der Waals surface area contributed by atoms with Crippen LogP contribution in [0.15, 0.2) is 29.2 Å². The number of nitrogens with zero attached hydrogens (tertiary/aromatic N) is 1. The highest BCUT2D eigenvalue weighted by Gasteiger charge is 2.22. The van der Waals surface area contributed by atoms with Crippen molar-refractivity contribution in [1.29, 1.82) is 0 Å². The molecule has 1 aromatic carbocycles. The van der Waals surface area contributed by atoms with Crippen molar-refractivity contribution in [2.45, 2.75) is 17.7 Å². The van der Waals surface area contributed by atoms with Gasteiger partial charge in [-0.3, -0.25) is 4.79 Å². The summed E-state index contributed by atoms with van der Waals surface area (Å²) in [5.74, 6) is -0.592. The number of carbonyl (C=O) groups is 1. The van der Waals surface area contributed by atoms with Crippen LogP contribution in [0.3, 0.4) is 0 Å². The number of hydrogen-bond donors (Lipinski definition) is 2. The second-order valence-corrected chi connectivity index (χ2v) is 7.25. The van der Waals surface area contributed by atoms with Gasteiger partial charge in [-0.05, 0) is 43.6 Å². The number of aliphatic carboxylic acids is 1. The topological polar surface area (TPSA) is 86.7 Å². The van der Waals surface area contributed by atoms with Gasteiger partial charge < -0.3 is 10.0 Å². The van der Waals surface area contributed by atoms with Crippen molar-refractivity contribution in [3.63, 3.8) is 0 Å². The Kier molecular flexibility index (Phi) is 4.97. The Morgan fingerprint density at radius 3 is 2.57 bits per heavy atom. The lowest BCUT2D eigenvalue weighted by molar-refractivity contribution is -0.136. The second kappa shape index (κ2) is 6.55. The van der Waals surface area contributed by atoms with Gasteiger partial charge in [0.05, 0.1) is 11.3 Å². The summed E-state index contributed by atoms with van der Waals surface area (Å²) in [5, 5.41) is 8.69. The molecule has 2 N–H and O–H groups in total. The van der Waals surface area contributed by atoms with E-state index in [4.69, 9.17) is 5.11 Å². The number of hydrogen-bond acceptors (Lipinski definition) is 4. The predicted octanol–water partition coefficient (Wildman–Crippen LogP) is 0.544. The Morgan fingerprint density at radius 1 is 1.38 bits per heavy atom. The average molecular weight is 312 g/mol. The van der Waals surface area contributed by atoms with E-state index in [9.17, 15) is 13.2 Å². The molecule has 1 heterocycles. The Morgan fingerprint density at radius 2 is 2.05 bits per heavy atom. The first-order chi connectivity index (χ1) is 9.87. The van der Waals surface area contributed by atoms with Crippen molar-refractivity contribution < 1.29 is 18.3 Å². The number of likely N-dealkylation sites (tertiary alicyclic amines) is 1. The van der Waals surface area contributed by atoms with E-state index in [1.807, 2.05) is 7.05 Å². The van der Waals surface area contributed by atoms with Gasteiger partial charge >= 0.3 is 5.97 Å². The molecule has 2 rings (SSSR count). The standard InChI is InChI=1S/C14H20N2O4S/c1-16-7-6-12(10-16)9-15-21(19,20)13-4-2-11(3-5-13)8-14(17)18/h2-5,12,15H,6-10H2,1H3,(H,17,18). The van der Waals surface area contributed by atoms with Crippen LogP contribution in [0.2, 0.25) is 0 Å². The molecule has 1 aliphatic rings. The number of nitrogens with one attached hydrogen (secondary N) is 1. The van der Waals surface area contributed by atoms with Gasteiger partial charge in [-0.1, -0.05) is 12.1 Å². The van der Waals surface area contributed by atoms with Crippen LogP contribution in [0.1, 0.15) is 12.0 Å². The smallest absolute Gasteiger partial charge is 0.307 e. The molecule has 6 nitrogen and oxygen atoms in total. The minimum Gasteiger partial charge on any atom is -0.481 e. The number of rotatable bonds is 6. The molecule has 0 aromatic heterocycles. The first-order valence-corrected chi connectivity index (χ1v) is 8.34. The molecular weight excluding hydrogens is 292 g/mol. The summed E-state index contributed by atoms with van der Waals surface area (Å²) < 4.78 is 27.0. The van der Waals surface area contributed by atoms with E-state index < -0.39 is 16.0 Å². The Balaban J connectivity index is 1.97. The van der Waals surface area contributed by atoms with E-state index in [1.54, 1.807) is 0 Å². The number of benzene rings is 1. The van der Waals surface area contributed by atoms with Crippen molar-refractivity contribution >= 4 is 16.0 Å². The molecule has 1 unspecified atom stereocenters. The van der Waals surface area contributed by atoms with E-state index >= 15 is 0 Å². The van der Waals surface area contributed by atoms with Crippen LogP contribution in [-0.4, -0.2) is 51.1 Å². The van der Waals surface area contributed by atoms with Crippen molar-refractivity contribution in [2.24, 2.45) is 5.92 Å². The summed E-state index contributed by atoms with van der Waals surface area (Å²) in [5.41, 5.74) is 0.582. The number of carboxylic acids is 1. The van der Waals surface area contributed by atoms with Crippen molar-refractivity contribution in [2.75, 3.05) is 26.7 Å². The maximum absolute atomic E-state index is 12.2. The van der Waals surface area contributed by atoms with Gasteiger partial charge in [0.2, 0.25) is 10.0 Å². The predicted molar refractivity (Wildman–Crippen MR) is 78.6 cm³/mol. The van der Waals surface area contributed by atoms with Crippen molar-refractivity contribution in [3.8, 4) is 0 Å². The molecule has 1 aliphatic heterocycles. The molecule has 21 heavy (non-hydrogen) atoms. The lowest BCUT2D eigenvalue weighted by Gasteiger charge is -2.12. The number of sulfonamides is 1. The molecule has 0 aliphatic carbocycles. The highest BCUT2D eigenvalue weighted by Crippen LogP contribution is 2.15. The van der Waals surface area contributed by atoms with Gasteiger partial charge in [0.1, 0.15) is 0 Å². The van der Waals surface area contributed by atoms with Crippen LogP contribution >= 0.6 is 0 Å². The molecule has 0 saturated carbocycles. The van der Waals surface area contributed by atoms with Crippen LogP contribution in [0, 0.1) is 5.92 Å². The quantitative estimate of drug-likeness (QED) is 0.801. The average Bonchev–Trinajstić information content (AvgIpc) is 2.82. The largest absolute Gasteiger partial charge is 0.481 e. The maximum Gasteiger partial charge on any atom is 0.307 e. The fourth-order valence-electron chi connectivity index (χ4n) is 2.46. The molecular formula is C14H20N2O4S. The highest BCUT2D eigenvalue weighted by atomic mass is 32.2. The molecule has 0 bridgehead atoms. The van der Waals surface area contributed by atoms with Crippen LogP contribution < -0.4 is 4.72 Å². The van der Waals surface area contributed by atoms with Gasteiger partial charge in [-0.15, -0.1) is 0 Å². The van der Waals surface area contributed by atoms with Gasteiger partial charge in [-0.2, -0.15) is 0 Å². The van der Waals surface area contributed by atoms with Crippen molar-refractivity contribution in [3.05, 3.63) is 29.8 Å². The molecule has 1 saturated heterocycles. The Bertz CT molecular complexity index is 598. The van der Waals surface area contributed by atoms with Crippen LogP contribution in [0.5, 0.6) is 0 Å². The highest BCUT2D eigenvalue weighted by molar-refractivity contribution is 7.89. The summed E-state index contributed by atoms with van der Waals surface area (Å²) in [6, 6.07) is 5.96. The second-order valence-electron chi connectivity index (χ2n) is 5.48. The molecule has 1 fully saturated rings. The minimum atomic E-state index is -3.53. The summed E-state index contributed by atoms with van der Waals surface area (Å²) in [6.45, 7) is 2.33. The van der Waals surface area contributed by atoms with Crippen LogP contribution in [0.25, 0.3) is 0 Å². The first-order valence-electron chi connectivity index (χ1n) is 6.86. The van der Waals surface area contributed by atoms with E-state index in [0.717, 1.165) is 19.5 Å². The summed E-state index contributed by atoms with van der Waals surface area (Å²) in [6.07, 6.45) is 0.888. The summed E-state index contributed by atoms with van der Waals surface area (Å²) in [7, 11) is -1.50. The summed E-state index contributed by atoms with van der Waals surface area (Å²) >= 11 is 0. The maximum atomic E-state index is 12.2. The van der Waals surface area contributed by atoms with E-state index in [1.165, 1.54) is 24.3 Å². The van der Waals surface area contributed by atoms with Crippen molar-refractivity contribution in [1.82, 2.24) is 9.62 Å². The molecule has 0 radical (unpaired) electrons. The van der Waals surface area contributed by atoms with Gasteiger partial charge in [-0.25, -0.2) is 13.1 Å². The molecule has 0 amide bonds. The fraction of sp³-hybridized carbons (Fsp3) is 0.500. The first kappa shape index (κ1) is 15.9. The number of carboxylic acid groups (broad SMARTS) is 1. The molecule has 1 aromatic rings. The van der Waals surface area contributed by atoms with Gasteiger partial charge in [0.25, 0.3) is 0 Å². The van der Waals surface area contributed by atoms with Crippen LogP contribution in [-0.2, 0) is 21.2 Å². The molecule has 7 heteroatoms. The van der Waals surface area contributed by atoms with E-state index in [2.05, 4.69) is 9.62 Å². The monoisotopic (exact) mass is 312 g/mol. The SMILES string of the molecule is CN1CCC(CNS(=O)(=O)c2ccc(CC(=O)O)cc2)C1. The lowest BCUT2D eigenvalue weighted by Crippen LogP contribution is -2.30. The molecule has 0 spiro atoms. The Hall–Kier alpha value is -1.44. The zero-order chi connectivity index (χ0) is 15.5. The Labute approximate surface area is 124 Å². The third-order valence-corrected chi connectivity index (χ3v) is 5.08. The summed E-state index contributed by atoms with van der Waals surface area (Å²) in [4.78, 5) is 12.9. The minimum absolute atomic E-state index is 0.109. The molecule has 116 valence electrons. The third-order valence-electron chi connectivity index (χ3n) is 3.64. The van der Waals surface area contributed by atoms with E-state index in [-0.39, 0.29) is 11.3 Å². The normalized spacial score (nSPS) is 19.8. The van der Waals surface area contributed by atoms with E-state index in [0.29, 0.717) is 18.0 Å². The zero-order valence-electron chi connectivity index (χ0n) is 11.9. The fourth-order valence-corrected chi connectivity index (χ4v) is 3.58. The molecule has 1 atom stereocenters. The lowest BCUT2D eigenvalue weighted by atomic mass is 10.1. The zero-order valence-corrected chi connectivity index (χ0v) is 12.8. The van der Waals surface area contributed by atoms with Crippen LogP contribution in [0.4, 0.5) is 0 Å².